The number of amidine groups is 1. The minimum Gasteiger partial charge on any atom is -0.409 e. The largest absolute Gasteiger partial charge is 0.409 e. The van der Waals surface area contributed by atoms with E-state index < -0.39 is 24.5 Å². The van der Waals surface area contributed by atoms with Crippen LogP contribution in [0.15, 0.2) is 5.16 Å². The summed E-state index contributed by atoms with van der Waals surface area (Å²) in [6.07, 6.45) is -4.62. The van der Waals surface area contributed by atoms with Gasteiger partial charge in [0.2, 0.25) is 0 Å². The van der Waals surface area contributed by atoms with E-state index in [2.05, 4.69) is 5.16 Å². The van der Waals surface area contributed by atoms with Gasteiger partial charge < -0.3 is 25.2 Å². The quantitative estimate of drug-likeness (QED) is 0.211. The molecule has 1 atom stereocenters. The summed E-state index contributed by atoms with van der Waals surface area (Å²) < 4.78 is 51.8. The minimum atomic E-state index is -4.62. The summed E-state index contributed by atoms with van der Waals surface area (Å²) in [5.74, 6) is -3.05. The molecule has 0 spiro atoms. The van der Waals surface area contributed by atoms with Crippen LogP contribution < -0.4 is 5.73 Å². The topological polar surface area (TPSA) is 86.3 Å². The van der Waals surface area contributed by atoms with Crippen molar-refractivity contribution in [2.24, 2.45) is 16.8 Å². The lowest BCUT2D eigenvalue weighted by molar-refractivity contribution is -0.169. The lowest BCUT2D eigenvalue weighted by Gasteiger charge is -2.18. The average Bonchev–Trinajstić information content (AvgIpc) is 2.30. The molecule has 0 saturated carbocycles. The lowest BCUT2D eigenvalue weighted by Crippen LogP contribution is -2.39. The Labute approximate surface area is 102 Å². The van der Waals surface area contributed by atoms with E-state index >= 15 is 0 Å². The zero-order chi connectivity index (χ0) is 14.0. The fourth-order valence-electron chi connectivity index (χ4n) is 0.981. The van der Waals surface area contributed by atoms with Crippen molar-refractivity contribution in [3.05, 3.63) is 0 Å². The molecule has 0 fully saturated rings. The summed E-state index contributed by atoms with van der Waals surface area (Å²) >= 11 is 0. The van der Waals surface area contributed by atoms with Gasteiger partial charge in [-0.25, -0.2) is 0 Å². The highest BCUT2D eigenvalue weighted by atomic mass is 19.4. The molecule has 18 heavy (non-hydrogen) atoms. The number of nitrogens with zero attached hydrogens (tertiary/aromatic N) is 1. The second-order valence-corrected chi connectivity index (χ2v) is 3.30. The lowest BCUT2D eigenvalue weighted by atomic mass is 10.1. The Morgan fingerprint density at radius 2 is 1.78 bits per heavy atom. The highest BCUT2D eigenvalue weighted by molar-refractivity contribution is 5.83. The number of rotatable bonds is 9. The third-order valence-corrected chi connectivity index (χ3v) is 1.96. The van der Waals surface area contributed by atoms with Crippen LogP contribution in [-0.2, 0) is 14.2 Å². The van der Waals surface area contributed by atoms with Gasteiger partial charge in [0.25, 0.3) is 0 Å². The number of methoxy groups -OCH3 is 1. The van der Waals surface area contributed by atoms with Crippen molar-refractivity contribution in [1.82, 2.24) is 0 Å². The fourth-order valence-corrected chi connectivity index (χ4v) is 0.981. The Morgan fingerprint density at radius 3 is 2.28 bits per heavy atom. The standard InChI is InChI=1S/C9H17F3N2O4/c1-16-2-3-17-4-5-18-6-7(8(13)14-15)9(10,11)12/h7,15H,2-6H2,1H3,(H2,13,14). The molecular formula is C9H17F3N2O4. The summed E-state index contributed by atoms with van der Waals surface area (Å²) in [6, 6.07) is 0. The molecule has 0 bridgehead atoms. The van der Waals surface area contributed by atoms with Gasteiger partial charge in [-0.1, -0.05) is 5.16 Å². The molecule has 6 nitrogen and oxygen atoms in total. The molecule has 0 heterocycles. The Bertz CT molecular complexity index is 248. The van der Waals surface area contributed by atoms with Gasteiger partial charge in [0.15, 0.2) is 5.84 Å². The third-order valence-electron chi connectivity index (χ3n) is 1.96. The monoisotopic (exact) mass is 274 g/mol. The smallest absolute Gasteiger partial charge is 0.401 e. The van der Waals surface area contributed by atoms with Crippen molar-refractivity contribution < 1.29 is 32.6 Å². The first-order chi connectivity index (χ1) is 8.43. The van der Waals surface area contributed by atoms with Gasteiger partial charge in [-0.3, -0.25) is 0 Å². The predicted octanol–water partition coefficient (Wildman–Crippen LogP) is 0.591. The van der Waals surface area contributed by atoms with Gasteiger partial charge >= 0.3 is 6.18 Å². The Morgan fingerprint density at radius 1 is 1.22 bits per heavy atom. The van der Waals surface area contributed by atoms with Gasteiger partial charge in [-0.15, -0.1) is 0 Å². The Kier molecular flexibility index (Phi) is 8.42. The molecule has 0 radical (unpaired) electrons. The maximum atomic E-state index is 12.4. The van der Waals surface area contributed by atoms with E-state index in [4.69, 9.17) is 25.2 Å². The number of nitrogens with two attached hydrogens (primary N) is 1. The maximum absolute atomic E-state index is 12.4. The first-order valence-corrected chi connectivity index (χ1v) is 5.12. The van der Waals surface area contributed by atoms with Crippen LogP contribution in [0.3, 0.4) is 0 Å². The molecule has 0 aliphatic heterocycles. The second-order valence-electron chi connectivity index (χ2n) is 3.30. The molecule has 3 N–H and O–H groups in total. The van der Waals surface area contributed by atoms with Gasteiger partial charge in [0.1, 0.15) is 5.92 Å². The summed E-state index contributed by atoms with van der Waals surface area (Å²) in [7, 11) is 1.50. The highest BCUT2D eigenvalue weighted by Gasteiger charge is 2.43. The van der Waals surface area contributed by atoms with Crippen LogP contribution in [0.5, 0.6) is 0 Å². The van der Waals surface area contributed by atoms with Crippen LogP contribution in [-0.4, -0.2) is 57.4 Å². The van der Waals surface area contributed by atoms with Gasteiger partial charge in [-0.2, -0.15) is 13.2 Å². The van der Waals surface area contributed by atoms with Crippen LogP contribution in [0.25, 0.3) is 0 Å². The number of oxime groups is 1. The van der Waals surface area contributed by atoms with E-state index in [1.165, 1.54) is 7.11 Å². The van der Waals surface area contributed by atoms with E-state index in [1.807, 2.05) is 0 Å². The Hall–Kier alpha value is -1.06. The van der Waals surface area contributed by atoms with E-state index in [9.17, 15) is 13.2 Å². The molecule has 0 rings (SSSR count). The first kappa shape index (κ1) is 16.9. The molecule has 0 amide bonds. The van der Waals surface area contributed by atoms with Crippen LogP contribution >= 0.6 is 0 Å². The average molecular weight is 274 g/mol. The highest BCUT2D eigenvalue weighted by Crippen LogP contribution is 2.26. The second kappa shape index (κ2) is 8.95. The number of hydrogen-bond acceptors (Lipinski definition) is 5. The number of hydrogen-bond donors (Lipinski definition) is 2. The molecule has 0 aromatic carbocycles. The number of ether oxygens (including phenoxy) is 3. The first-order valence-electron chi connectivity index (χ1n) is 5.12. The van der Waals surface area contributed by atoms with Gasteiger partial charge in [-0.05, 0) is 0 Å². The normalized spacial score (nSPS) is 14.8. The molecule has 0 aliphatic carbocycles. The van der Waals surface area contributed by atoms with E-state index in [0.717, 1.165) is 0 Å². The molecule has 0 saturated heterocycles. The van der Waals surface area contributed by atoms with Crippen LogP contribution in [0.2, 0.25) is 0 Å². The summed E-state index contributed by atoms with van der Waals surface area (Å²) in [5.41, 5.74) is 4.94. The maximum Gasteiger partial charge on any atom is 0.401 e. The molecule has 1 unspecified atom stereocenters. The van der Waals surface area contributed by atoms with E-state index in [1.54, 1.807) is 0 Å². The molecule has 0 aliphatic rings. The molecule has 0 aromatic rings. The van der Waals surface area contributed by atoms with Gasteiger partial charge in [0.05, 0.1) is 33.0 Å². The van der Waals surface area contributed by atoms with Crippen molar-refractivity contribution in [3.63, 3.8) is 0 Å². The third kappa shape index (κ3) is 7.30. The van der Waals surface area contributed by atoms with Crippen molar-refractivity contribution in [2.45, 2.75) is 6.18 Å². The van der Waals surface area contributed by atoms with Crippen LogP contribution in [0, 0.1) is 5.92 Å². The van der Waals surface area contributed by atoms with Crippen molar-refractivity contribution in [3.8, 4) is 0 Å². The van der Waals surface area contributed by atoms with Crippen molar-refractivity contribution in [2.75, 3.05) is 40.1 Å². The molecule has 9 heteroatoms. The minimum absolute atomic E-state index is 0.0188. The number of alkyl halides is 3. The van der Waals surface area contributed by atoms with Crippen LogP contribution in [0.4, 0.5) is 13.2 Å². The summed E-state index contributed by atoms with van der Waals surface area (Å²) in [6.45, 7) is 0.143. The summed E-state index contributed by atoms with van der Waals surface area (Å²) in [4.78, 5) is 0. The van der Waals surface area contributed by atoms with Gasteiger partial charge in [0, 0.05) is 7.11 Å². The van der Waals surface area contributed by atoms with E-state index in [0.29, 0.717) is 13.2 Å². The fraction of sp³-hybridized carbons (Fsp3) is 0.889. The van der Waals surface area contributed by atoms with E-state index in [-0.39, 0.29) is 13.2 Å². The summed E-state index contributed by atoms with van der Waals surface area (Å²) in [5, 5.41) is 10.6. The SMILES string of the molecule is COCCOCCOCC(C(N)=NO)C(F)(F)F. The molecule has 108 valence electrons. The van der Waals surface area contributed by atoms with Crippen LogP contribution in [0.1, 0.15) is 0 Å². The number of halogens is 3. The molecule has 0 aromatic heterocycles. The van der Waals surface area contributed by atoms with Crippen molar-refractivity contribution in [1.29, 1.82) is 0 Å². The van der Waals surface area contributed by atoms with Crippen molar-refractivity contribution >= 4 is 5.84 Å². The zero-order valence-electron chi connectivity index (χ0n) is 9.94. The zero-order valence-corrected chi connectivity index (χ0v) is 9.94. The molecular weight excluding hydrogens is 257 g/mol. The predicted molar refractivity (Wildman–Crippen MR) is 56.5 cm³/mol. The Balaban J connectivity index is 3.86.